The molecule has 6 nitrogen and oxygen atoms in total. The predicted molar refractivity (Wildman–Crippen MR) is 73.3 cm³/mol. The zero-order valence-corrected chi connectivity index (χ0v) is 12.6. The summed E-state index contributed by atoms with van der Waals surface area (Å²) in [5.74, 6) is -0.865. The van der Waals surface area contributed by atoms with Gasteiger partial charge in [-0.05, 0) is 19.9 Å². The maximum absolute atomic E-state index is 10.9. The zero-order valence-electron chi connectivity index (χ0n) is 11.1. The first-order chi connectivity index (χ1) is 9.18. The van der Waals surface area contributed by atoms with Gasteiger partial charge in [-0.25, -0.2) is 5.14 Å². The standard InChI is InChI=1S/C12H16ClNO5S/c1-12(2)18-10(7-17-20(14,15)16)11(19-12)8-5-3-4-6-9(8)13/h3-6,10-11H,7H2,1-2H3,(H2,14,15,16)/t10-,11+/m1/s1. The lowest BCUT2D eigenvalue weighted by Gasteiger charge is -2.17. The van der Waals surface area contributed by atoms with Gasteiger partial charge >= 0.3 is 10.3 Å². The average Bonchev–Trinajstić information content (AvgIpc) is 2.62. The van der Waals surface area contributed by atoms with E-state index in [1.54, 1.807) is 32.0 Å². The van der Waals surface area contributed by atoms with Gasteiger partial charge in [0.2, 0.25) is 0 Å². The minimum Gasteiger partial charge on any atom is -0.342 e. The van der Waals surface area contributed by atoms with Gasteiger partial charge in [0.05, 0.1) is 6.61 Å². The topological polar surface area (TPSA) is 87.9 Å². The minimum atomic E-state index is -4.03. The van der Waals surface area contributed by atoms with E-state index in [9.17, 15) is 8.42 Å². The number of nitrogens with two attached hydrogens (primary N) is 1. The number of halogens is 1. The minimum absolute atomic E-state index is 0.238. The fourth-order valence-corrected chi connectivity index (χ4v) is 2.66. The first kappa shape index (κ1) is 15.7. The molecule has 112 valence electrons. The van der Waals surface area contributed by atoms with E-state index >= 15 is 0 Å². The monoisotopic (exact) mass is 321 g/mol. The fraction of sp³-hybridized carbons (Fsp3) is 0.500. The molecular weight excluding hydrogens is 306 g/mol. The van der Waals surface area contributed by atoms with Crippen molar-refractivity contribution in [1.29, 1.82) is 0 Å². The molecule has 20 heavy (non-hydrogen) atoms. The van der Waals surface area contributed by atoms with Gasteiger partial charge in [-0.2, -0.15) is 8.42 Å². The average molecular weight is 322 g/mol. The maximum Gasteiger partial charge on any atom is 0.333 e. The van der Waals surface area contributed by atoms with E-state index in [1.165, 1.54) is 0 Å². The molecule has 1 fully saturated rings. The molecule has 1 aliphatic rings. The Hall–Kier alpha value is -0.700. The van der Waals surface area contributed by atoms with Crippen LogP contribution in [0.4, 0.5) is 0 Å². The second-order valence-corrected chi connectivity index (χ2v) is 6.52. The van der Waals surface area contributed by atoms with Crippen LogP contribution in [-0.4, -0.2) is 26.9 Å². The van der Waals surface area contributed by atoms with Crippen molar-refractivity contribution in [2.24, 2.45) is 5.14 Å². The molecule has 1 aromatic rings. The Bertz CT molecular complexity index is 589. The highest BCUT2D eigenvalue weighted by Crippen LogP contribution is 2.40. The molecule has 0 unspecified atom stereocenters. The van der Waals surface area contributed by atoms with Crippen LogP contribution in [-0.2, 0) is 24.0 Å². The lowest BCUT2D eigenvalue weighted by atomic mass is 10.1. The van der Waals surface area contributed by atoms with Crippen molar-refractivity contribution in [1.82, 2.24) is 0 Å². The second-order valence-electron chi connectivity index (χ2n) is 4.89. The van der Waals surface area contributed by atoms with Gasteiger partial charge in [-0.15, -0.1) is 0 Å². The van der Waals surface area contributed by atoms with Gasteiger partial charge in [0.25, 0.3) is 0 Å². The third-order valence-electron chi connectivity index (χ3n) is 2.79. The summed E-state index contributed by atoms with van der Waals surface area (Å²) in [5.41, 5.74) is 0.711. The predicted octanol–water partition coefficient (Wildman–Crippen LogP) is 1.75. The van der Waals surface area contributed by atoms with Crippen molar-refractivity contribution in [3.05, 3.63) is 34.9 Å². The van der Waals surface area contributed by atoms with Crippen LogP contribution in [0.3, 0.4) is 0 Å². The van der Waals surface area contributed by atoms with Crippen LogP contribution in [0.15, 0.2) is 24.3 Å². The molecule has 0 saturated carbocycles. The highest BCUT2D eigenvalue weighted by molar-refractivity contribution is 7.84. The van der Waals surface area contributed by atoms with E-state index in [4.69, 9.17) is 26.2 Å². The Labute approximate surface area is 123 Å². The Kier molecular flexibility index (Phi) is 4.38. The van der Waals surface area contributed by atoms with Gasteiger partial charge in [0.1, 0.15) is 12.2 Å². The maximum atomic E-state index is 10.9. The summed E-state index contributed by atoms with van der Waals surface area (Å²) in [6.07, 6.45) is -1.15. The molecule has 2 rings (SSSR count). The van der Waals surface area contributed by atoms with Crippen molar-refractivity contribution in [3.63, 3.8) is 0 Å². The molecule has 0 spiro atoms. The van der Waals surface area contributed by atoms with E-state index < -0.39 is 28.3 Å². The van der Waals surface area contributed by atoms with Crippen LogP contribution in [0.25, 0.3) is 0 Å². The van der Waals surface area contributed by atoms with Crippen molar-refractivity contribution in [2.75, 3.05) is 6.61 Å². The van der Waals surface area contributed by atoms with Crippen LogP contribution in [0.1, 0.15) is 25.5 Å². The van der Waals surface area contributed by atoms with Gasteiger partial charge < -0.3 is 9.47 Å². The molecule has 8 heteroatoms. The molecule has 0 aliphatic carbocycles. The number of hydrogen-bond acceptors (Lipinski definition) is 5. The highest BCUT2D eigenvalue weighted by atomic mass is 35.5. The molecule has 2 atom stereocenters. The zero-order chi connectivity index (χ0) is 15.0. The SMILES string of the molecule is CC1(C)O[C@H](COS(N)(=O)=O)[C@H](c2ccccc2Cl)O1. The Balaban J connectivity index is 2.23. The molecule has 1 saturated heterocycles. The molecule has 0 radical (unpaired) electrons. The quantitative estimate of drug-likeness (QED) is 0.912. The molecular formula is C12H16ClNO5S. The van der Waals surface area contributed by atoms with Crippen LogP contribution >= 0.6 is 11.6 Å². The van der Waals surface area contributed by atoms with Gasteiger partial charge in [0.15, 0.2) is 5.79 Å². The molecule has 1 heterocycles. The van der Waals surface area contributed by atoms with Crippen LogP contribution < -0.4 is 5.14 Å². The summed E-state index contributed by atoms with van der Waals surface area (Å²) in [7, 11) is -4.03. The van der Waals surface area contributed by atoms with Crippen LogP contribution in [0, 0.1) is 0 Å². The van der Waals surface area contributed by atoms with Crippen LogP contribution in [0.2, 0.25) is 5.02 Å². The third kappa shape index (κ3) is 3.91. The number of hydrogen-bond donors (Lipinski definition) is 1. The molecule has 1 aromatic carbocycles. The summed E-state index contributed by atoms with van der Waals surface area (Å²) >= 11 is 6.13. The van der Waals surface area contributed by atoms with Gasteiger partial charge in [0, 0.05) is 10.6 Å². The second kappa shape index (κ2) is 5.59. The Morgan fingerprint density at radius 1 is 1.35 bits per heavy atom. The van der Waals surface area contributed by atoms with Crippen LogP contribution in [0.5, 0.6) is 0 Å². The van der Waals surface area contributed by atoms with E-state index in [2.05, 4.69) is 4.18 Å². The normalized spacial score (nSPS) is 25.8. The van der Waals surface area contributed by atoms with Gasteiger partial charge in [-0.3, -0.25) is 4.18 Å². The fourth-order valence-electron chi connectivity index (χ4n) is 2.09. The molecule has 1 aliphatic heterocycles. The Morgan fingerprint density at radius 2 is 2.00 bits per heavy atom. The lowest BCUT2D eigenvalue weighted by molar-refractivity contribution is -0.148. The third-order valence-corrected chi connectivity index (χ3v) is 3.60. The summed E-state index contributed by atoms with van der Waals surface area (Å²) in [4.78, 5) is 0. The molecule has 0 amide bonds. The number of rotatable bonds is 4. The van der Waals surface area contributed by atoms with Crippen molar-refractivity contribution in [3.8, 4) is 0 Å². The van der Waals surface area contributed by atoms with E-state index in [-0.39, 0.29) is 6.61 Å². The summed E-state index contributed by atoms with van der Waals surface area (Å²) in [6.45, 7) is 3.22. The highest BCUT2D eigenvalue weighted by Gasteiger charge is 2.43. The number of ether oxygens (including phenoxy) is 2. The van der Waals surface area contributed by atoms with E-state index in [0.717, 1.165) is 0 Å². The van der Waals surface area contributed by atoms with Gasteiger partial charge in [-0.1, -0.05) is 29.8 Å². The van der Waals surface area contributed by atoms with Crippen molar-refractivity contribution < 1.29 is 22.1 Å². The molecule has 2 N–H and O–H groups in total. The summed E-state index contributed by atoms with van der Waals surface area (Å²) < 4.78 is 37.8. The summed E-state index contributed by atoms with van der Waals surface area (Å²) in [5, 5.41) is 5.34. The van der Waals surface area contributed by atoms with E-state index in [1.807, 2.05) is 6.07 Å². The Morgan fingerprint density at radius 3 is 2.60 bits per heavy atom. The molecule has 0 bridgehead atoms. The largest absolute Gasteiger partial charge is 0.342 e. The smallest absolute Gasteiger partial charge is 0.333 e. The van der Waals surface area contributed by atoms with Crippen molar-refractivity contribution >= 4 is 21.9 Å². The van der Waals surface area contributed by atoms with Crippen molar-refractivity contribution in [2.45, 2.75) is 31.8 Å². The number of benzene rings is 1. The summed E-state index contributed by atoms with van der Waals surface area (Å²) in [6, 6.07) is 7.13. The first-order valence-electron chi connectivity index (χ1n) is 5.95. The van der Waals surface area contributed by atoms with E-state index in [0.29, 0.717) is 10.6 Å². The lowest BCUT2D eigenvalue weighted by Crippen LogP contribution is -2.28. The molecule has 0 aromatic heterocycles. The first-order valence-corrected chi connectivity index (χ1v) is 7.80.